The first kappa shape index (κ1) is 20.2. The average Bonchev–Trinajstić information content (AvgIpc) is 3.24. The number of nitrogens with zero attached hydrogens (tertiary/aromatic N) is 5. The fourth-order valence-corrected chi connectivity index (χ4v) is 2.90. The van der Waals surface area contributed by atoms with Crippen LogP contribution in [0.3, 0.4) is 0 Å². The topological polar surface area (TPSA) is 87.4 Å². The molecule has 1 aliphatic rings. The molecule has 1 fully saturated rings. The van der Waals surface area contributed by atoms with E-state index >= 15 is 0 Å². The normalized spacial score (nSPS) is 15.2. The number of guanidine groups is 1. The zero-order valence-corrected chi connectivity index (χ0v) is 16.4. The summed E-state index contributed by atoms with van der Waals surface area (Å²) < 4.78 is 2.06. The van der Waals surface area contributed by atoms with Crippen molar-refractivity contribution in [3.8, 4) is 0 Å². The van der Waals surface area contributed by atoms with E-state index in [4.69, 9.17) is 0 Å². The third-order valence-electron chi connectivity index (χ3n) is 4.34. The van der Waals surface area contributed by atoms with Gasteiger partial charge in [-0.3, -0.25) is 9.79 Å². The summed E-state index contributed by atoms with van der Waals surface area (Å²) in [6.07, 6.45) is 5.28. The number of aliphatic imine (C=N–C) groups is 1. The highest BCUT2D eigenvalue weighted by atomic mass is 16.2. The summed E-state index contributed by atoms with van der Waals surface area (Å²) in [6, 6.07) is 0. The van der Waals surface area contributed by atoms with E-state index in [9.17, 15) is 4.79 Å². The minimum Gasteiger partial charge on any atom is -0.356 e. The van der Waals surface area contributed by atoms with E-state index in [2.05, 4.69) is 51.2 Å². The Bertz CT molecular complexity index is 582. The van der Waals surface area contributed by atoms with Gasteiger partial charge in [-0.05, 0) is 18.8 Å². The Kier molecular flexibility index (Phi) is 8.37. The van der Waals surface area contributed by atoms with Gasteiger partial charge in [-0.1, -0.05) is 20.8 Å². The summed E-state index contributed by atoms with van der Waals surface area (Å²) in [4.78, 5) is 18.2. The highest BCUT2D eigenvalue weighted by Gasteiger charge is 2.18. The van der Waals surface area contributed by atoms with Crippen LogP contribution in [0, 0.1) is 5.92 Å². The number of carbonyl (C=O) groups excluding carboxylic acids is 1. The van der Waals surface area contributed by atoms with Crippen LogP contribution in [0.2, 0.25) is 0 Å². The zero-order valence-electron chi connectivity index (χ0n) is 16.4. The van der Waals surface area contributed by atoms with Crippen molar-refractivity contribution in [1.29, 1.82) is 0 Å². The highest BCUT2D eigenvalue weighted by molar-refractivity contribution is 5.79. The largest absolute Gasteiger partial charge is 0.356 e. The Morgan fingerprint density at radius 2 is 2.12 bits per heavy atom. The van der Waals surface area contributed by atoms with Crippen molar-refractivity contribution < 1.29 is 4.79 Å². The fourth-order valence-electron chi connectivity index (χ4n) is 2.90. The van der Waals surface area contributed by atoms with Crippen LogP contribution >= 0.6 is 0 Å². The Labute approximate surface area is 156 Å². The molecule has 2 N–H and O–H groups in total. The van der Waals surface area contributed by atoms with Crippen molar-refractivity contribution in [2.75, 3.05) is 32.7 Å². The second kappa shape index (κ2) is 10.8. The molecule has 8 nitrogen and oxygen atoms in total. The van der Waals surface area contributed by atoms with Crippen molar-refractivity contribution in [3.05, 3.63) is 12.2 Å². The van der Waals surface area contributed by atoms with Crippen molar-refractivity contribution in [2.24, 2.45) is 10.9 Å². The average molecular weight is 364 g/mol. The summed E-state index contributed by atoms with van der Waals surface area (Å²) in [5, 5.41) is 14.8. The summed E-state index contributed by atoms with van der Waals surface area (Å²) in [5.41, 5.74) is 0. The molecule has 1 aromatic rings. The van der Waals surface area contributed by atoms with Gasteiger partial charge >= 0.3 is 0 Å². The summed E-state index contributed by atoms with van der Waals surface area (Å²) in [7, 11) is 0. The van der Waals surface area contributed by atoms with E-state index < -0.39 is 0 Å². The van der Waals surface area contributed by atoms with E-state index in [0.717, 1.165) is 70.3 Å². The number of nitrogens with one attached hydrogen (secondary N) is 2. The Hall–Kier alpha value is -2.12. The molecular formula is C18H33N7O. The number of carbonyl (C=O) groups is 1. The van der Waals surface area contributed by atoms with Crippen molar-refractivity contribution >= 4 is 11.9 Å². The molecule has 0 atom stereocenters. The van der Waals surface area contributed by atoms with Crippen LogP contribution in [0.4, 0.5) is 0 Å². The van der Waals surface area contributed by atoms with Gasteiger partial charge in [0.25, 0.3) is 0 Å². The third-order valence-corrected chi connectivity index (χ3v) is 4.34. The molecule has 8 heteroatoms. The second-order valence-corrected chi connectivity index (χ2v) is 7.07. The molecule has 0 bridgehead atoms. The van der Waals surface area contributed by atoms with Crippen LogP contribution in [0.15, 0.2) is 11.3 Å². The molecular weight excluding hydrogens is 330 g/mol. The molecule has 1 amide bonds. The maximum absolute atomic E-state index is 11.6. The quantitative estimate of drug-likeness (QED) is 0.368. The van der Waals surface area contributed by atoms with E-state index in [-0.39, 0.29) is 5.91 Å². The van der Waals surface area contributed by atoms with Gasteiger partial charge in [-0.2, -0.15) is 0 Å². The lowest BCUT2D eigenvalue weighted by Gasteiger charge is -2.17. The van der Waals surface area contributed by atoms with Crippen LogP contribution in [0.25, 0.3) is 0 Å². The van der Waals surface area contributed by atoms with Gasteiger partial charge in [-0.15, -0.1) is 10.2 Å². The molecule has 2 rings (SSSR count). The number of hydrogen-bond donors (Lipinski definition) is 2. The number of likely N-dealkylation sites (tertiary alicyclic amines) is 1. The van der Waals surface area contributed by atoms with Crippen LogP contribution in [-0.2, 0) is 17.8 Å². The monoisotopic (exact) mass is 363 g/mol. The standard InChI is InChI=1S/C18H33N7O/c1-4-16-23-22-14-25(16)12-9-20-18(21-13-15(2)3)19-8-6-11-24-10-5-7-17(24)26/h14-15H,4-13H2,1-3H3,(H2,19,20,21). The van der Waals surface area contributed by atoms with Crippen LogP contribution in [-0.4, -0.2) is 64.3 Å². The SMILES string of the molecule is CCc1nncn1CCNC(=NCC(C)C)NCCCN1CCCC1=O. The van der Waals surface area contributed by atoms with Crippen molar-refractivity contribution in [1.82, 2.24) is 30.3 Å². The summed E-state index contributed by atoms with van der Waals surface area (Å²) in [5.74, 6) is 2.63. The molecule has 26 heavy (non-hydrogen) atoms. The first-order valence-electron chi connectivity index (χ1n) is 9.76. The predicted octanol–water partition coefficient (Wildman–Crippen LogP) is 1.04. The maximum atomic E-state index is 11.6. The number of rotatable bonds is 10. The Morgan fingerprint density at radius 1 is 1.31 bits per heavy atom. The first-order valence-corrected chi connectivity index (χ1v) is 9.76. The third kappa shape index (κ3) is 6.65. The minimum absolute atomic E-state index is 0.289. The molecule has 1 aliphatic heterocycles. The second-order valence-electron chi connectivity index (χ2n) is 7.07. The first-order chi connectivity index (χ1) is 12.6. The zero-order chi connectivity index (χ0) is 18.8. The highest BCUT2D eigenvalue weighted by Crippen LogP contribution is 2.09. The fraction of sp³-hybridized carbons (Fsp3) is 0.778. The summed E-state index contributed by atoms with van der Waals surface area (Å²) in [6.45, 7) is 11.3. The van der Waals surface area contributed by atoms with Crippen LogP contribution in [0.5, 0.6) is 0 Å². The molecule has 0 aliphatic carbocycles. The molecule has 0 spiro atoms. The van der Waals surface area contributed by atoms with Crippen LogP contribution in [0.1, 0.15) is 45.9 Å². The van der Waals surface area contributed by atoms with E-state index in [1.807, 2.05) is 4.90 Å². The smallest absolute Gasteiger partial charge is 0.222 e. The van der Waals surface area contributed by atoms with Crippen LogP contribution < -0.4 is 10.6 Å². The molecule has 1 aromatic heterocycles. The van der Waals surface area contributed by atoms with Gasteiger partial charge in [0.05, 0.1) is 0 Å². The van der Waals surface area contributed by atoms with Gasteiger partial charge in [0.15, 0.2) is 5.96 Å². The number of aromatic nitrogens is 3. The lowest BCUT2D eigenvalue weighted by Crippen LogP contribution is -2.40. The Morgan fingerprint density at radius 3 is 2.81 bits per heavy atom. The van der Waals surface area contributed by atoms with Gasteiger partial charge in [-0.25, -0.2) is 0 Å². The molecule has 146 valence electrons. The molecule has 1 saturated heterocycles. The minimum atomic E-state index is 0.289. The lowest BCUT2D eigenvalue weighted by atomic mass is 10.2. The van der Waals surface area contributed by atoms with Gasteiger partial charge in [0, 0.05) is 52.1 Å². The lowest BCUT2D eigenvalue weighted by molar-refractivity contribution is -0.127. The van der Waals surface area contributed by atoms with E-state index in [1.165, 1.54) is 0 Å². The predicted molar refractivity (Wildman–Crippen MR) is 103 cm³/mol. The van der Waals surface area contributed by atoms with E-state index in [0.29, 0.717) is 12.3 Å². The molecule has 2 heterocycles. The number of hydrogen-bond acceptors (Lipinski definition) is 4. The van der Waals surface area contributed by atoms with Crippen molar-refractivity contribution in [3.63, 3.8) is 0 Å². The van der Waals surface area contributed by atoms with Gasteiger partial charge in [0.2, 0.25) is 5.91 Å². The van der Waals surface area contributed by atoms with Gasteiger partial charge < -0.3 is 20.1 Å². The van der Waals surface area contributed by atoms with Crippen molar-refractivity contribution in [2.45, 2.75) is 53.0 Å². The molecule has 0 radical (unpaired) electrons. The summed E-state index contributed by atoms with van der Waals surface area (Å²) >= 11 is 0. The maximum Gasteiger partial charge on any atom is 0.222 e. The number of amides is 1. The molecule has 0 aromatic carbocycles. The molecule has 0 unspecified atom stereocenters. The number of aryl methyl sites for hydroxylation is 1. The molecule has 0 saturated carbocycles. The van der Waals surface area contributed by atoms with E-state index in [1.54, 1.807) is 6.33 Å². The van der Waals surface area contributed by atoms with Gasteiger partial charge in [0.1, 0.15) is 12.2 Å². The Balaban J connectivity index is 1.73.